The fraction of sp³-hybridized carbons (Fsp3) is 0.357. The first-order chi connectivity index (χ1) is 9.04. The van der Waals surface area contributed by atoms with Crippen LogP contribution in [0, 0.1) is 5.92 Å². The molecule has 1 aromatic carbocycles. The van der Waals surface area contributed by atoms with Crippen LogP contribution in [0.4, 0.5) is 0 Å². The Balaban J connectivity index is 2.70. The summed E-state index contributed by atoms with van der Waals surface area (Å²) >= 11 is 0. The second-order valence-corrected chi connectivity index (χ2v) is 4.70. The molecule has 1 heterocycles. The van der Waals surface area contributed by atoms with E-state index in [1.807, 2.05) is 13.8 Å². The largest absolute Gasteiger partial charge is 0.476 e. The first-order valence-corrected chi connectivity index (χ1v) is 6.27. The molecular formula is C14H16N2O3. The van der Waals surface area contributed by atoms with E-state index in [9.17, 15) is 14.7 Å². The Morgan fingerprint density at radius 2 is 2.00 bits per heavy atom. The molecule has 19 heavy (non-hydrogen) atoms. The van der Waals surface area contributed by atoms with Crippen LogP contribution in [0.15, 0.2) is 29.1 Å². The molecule has 0 radical (unpaired) electrons. The number of carboxylic acid groups (broad SMARTS) is 1. The molecule has 0 aliphatic heterocycles. The van der Waals surface area contributed by atoms with Gasteiger partial charge >= 0.3 is 5.97 Å². The lowest BCUT2D eigenvalue weighted by molar-refractivity contribution is 0.0689. The van der Waals surface area contributed by atoms with E-state index in [0.29, 0.717) is 17.3 Å². The molecule has 0 spiro atoms. The highest BCUT2D eigenvalue weighted by Crippen LogP contribution is 2.14. The van der Waals surface area contributed by atoms with E-state index >= 15 is 0 Å². The van der Waals surface area contributed by atoms with Crippen LogP contribution in [0.1, 0.15) is 30.8 Å². The third-order valence-corrected chi connectivity index (χ3v) is 3.25. The number of rotatable bonds is 4. The number of benzene rings is 1. The quantitative estimate of drug-likeness (QED) is 0.914. The Hall–Kier alpha value is -2.17. The highest BCUT2D eigenvalue weighted by atomic mass is 16.4. The molecule has 5 heteroatoms. The summed E-state index contributed by atoms with van der Waals surface area (Å²) < 4.78 is 1.26. The molecule has 2 rings (SSSR count). The van der Waals surface area contributed by atoms with Crippen LogP contribution in [0.3, 0.4) is 0 Å². The van der Waals surface area contributed by atoms with E-state index < -0.39 is 5.97 Å². The third-order valence-electron chi connectivity index (χ3n) is 3.25. The number of hydrogen-bond donors (Lipinski definition) is 1. The zero-order chi connectivity index (χ0) is 14.0. The lowest BCUT2D eigenvalue weighted by Gasteiger charge is -2.12. The predicted molar refractivity (Wildman–Crippen MR) is 72.4 cm³/mol. The molecule has 0 fully saturated rings. The summed E-state index contributed by atoms with van der Waals surface area (Å²) in [5.41, 5.74) is -0.306. The van der Waals surface area contributed by atoms with Gasteiger partial charge in [-0.3, -0.25) is 4.79 Å². The summed E-state index contributed by atoms with van der Waals surface area (Å²) in [6, 6.07) is 6.68. The number of carboxylic acids is 1. The molecule has 100 valence electrons. The highest BCUT2D eigenvalue weighted by molar-refractivity contribution is 6.01. The summed E-state index contributed by atoms with van der Waals surface area (Å²) in [4.78, 5) is 23.5. The van der Waals surface area contributed by atoms with Gasteiger partial charge in [-0.05, 0) is 12.0 Å². The number of aromatic carboxylic acids is 1. The van der Waals surface area contributed by atoms with Crippen molar-refractivity contribution < 1.29 is 9.90 Å². The Morgan fingerprint density at radius 3 is 2.58 bits per heavy atom. The SMILES string of the molecule is CCC(C)Cn1nc(C(=O)O)c2ccccc2c1=O. The van der Waals surface area contributed by atoms with Gasteiger partial charge in [0.25, 0.3) is 5.56 Å². The van der Waals surface area contributed by atoms with Gasteiger partial charge in [-0.25, -0.2) is 9.48 Å². The summed E-state index contributed by atoms with van der Waals surface area (Å²) in [5.74, 6) is -0.845. The van der Waals surface area contributed by atoms with Crippen LogP contribution < -0.4 is 5.56 Å². The Bertz CT molecular complexity index is 676. The zero-order valence-electron chi connectivity index (χ0n) is 11.0. The van der Waals surface area contributed by atoms with E-state index in [2.05, 4.69) is 5.10 Å². The molecule has 0 bridgehead atoms. The molecule has 0 amide bonds. The average molecular weight is 260 g/mol. The smallest absolute Gasteiger partial charge is 0.357 e. The summed E-state index contributed by atoms with van der Waals surface area (Å²) in [7, 11) is 0. The van der Waals surface area contributed by atoms with E-state index in [0.717, 1.165) is 6.42 Å². The molecule has 1 aromatic heterocycles. The van der Waals surface area contributed by atoms with Crippen LogP contribution in [0.25, 0.3) is 10.8 Å². The highest BCUT2D eigenvalue weighted by Gasteiger charge is 2.16. The number of aromatic nitrogens is 2. The molecule has 0 aliphatic carbocycles. The first-order valence-electron chi connectivity index (χ1n) is 6.27. The first kappa shape index (κ1) is 13.3. The maximum atomic E-state index is 12.3. The second-order valence-electron chi connectivity index (χ2n) is 4.70. The van der Waals surface area contributed by atoms with E-state index in [1.165, 1.54) is 4.68 Å². The number of fused-ring (bicyclic) bond motifs is 1. The van der Waals surface area contributed by atoms with Crippen LogP contribution in [0.5, 0.6) is 0 Å². The fourth-order valence-corrected chi connectivity index (χ4v) is 1.94. The maximum Gasteiger partial charge on any atom is 0.357 e. The van der Waals surface area contributed by atoms with E-state index in [-0.39, 0.29) is 17.2 Å². The van der Waals surface area contributed by atoms with Crippen molar-refractivity contribution in [1.29, 1.82) is 0 Å². The fourth-order valence-electron chi connectivity index (χ4n) is 1.94. The maximum absolute atomic E-state index is 12.3. The molecule has 0 aliphatic rings. The minimum absolute atomic E-state index is 0.0708. The molecule has 2 aromatic rings. The van der Waals surface area contributed by atoms with E-state index in [1.54, 1.807) is 24.3 Å². The van der Waals surface area contributed by atoms with Crippen molar-refractivity contribution in [2.45, 2.75) is 26.8 Å². The molecule has 0 saturated carbocycles. The van der Waals surface area contributed by atoms with Gasteiger partial charge in [-0.2, -0.15) is 5.10 Å². The normalized spacial score (nSPS) is 12.5. The van der Waals surface area contributed by atoms with Gasteiger partial charge in [-0.1, -0.05) is 38.5 Å². The molecule has 1 N–H and O–H groups in total. The number of hydrogen-bond acceptors (Lipinski definition) is 3. The Labute approximate surface area is 110 Å². The van der Waals surface area contributed by atoms with Crippen molar-refractivity contribution in [3.8, 4) is 0 Å². The Morgan fingerprint density at radius 1 is 1.37 bits per heavy atom. The lowest BCUT2D eigenvalue weighted by atomic mass is 10.1. The minimum Gasteiger partial charge on any atom is -0.476 e. The van der Waals surface area contributed by atoms with Gasteiger partial charge in [0, 0.05) is 11.9 Å². The topological polar surface area (TPSA) is 72.2 Å². The van der Waals surface area contributed by atoms with Gasteiger partial charge in [0.15, 0.2) is 5.69 Å². The van der Waals surface area contributed by atoms with Crippen LogP contribution in [-0.2, 0) is 6.54 Å². The zero-order valence-corrected chi connectivity index (χ0v) is 11.0. The van der Waals surface area contributed by atoms with Crippen molar-refractivity contribution in [1.82, 2.24) is 9.78 Å². The second kappa shape index (κ2) is 5.22. The van der Waals surface area contributed by atoms with Crippen LogP contribution >= 0.6 is 0 Å². The molecular weight excluding hydrogens is 244 g/mol. The van der Waals surface area contributed by atoms with Gasteiger partial charge in [0.2, 0.25) is 0 Å². The van der Waals surface area contributed by atoms with Gasteiger partial charge in [0.05, 0.1) is 5.39 Å². The lowest BCUT2D eigenvalue weighted by Crippen LogP contribution is -2.28. The van der Waals surface area contributed by atoms with Gasteiger partial charge in [0.1, 0.15) is 0 Å². The summed E-state index contributed by atoms with van der Waals surface area (Å²) in [6.45, 7) is 4.46. The van der Waals surface area contributed by atoms with Crippen molar-refractivity contribution in [2.75, 3.05) is 0 Å². The molecule has 1 unspecified atom stereocenters. The van der Waals surface area contributed by atoms with Crippen molar-refractivity contribution in [3.63, 3.8) is 0 Å². The minimum atomic E-state index is -1.12. The Kier molecular flexibility index (Phi) is 3.64. The van der Waals surface area contributed by atoms with Crippen LogP contribution in [-0.4, -0.2) is 20.9 Å². The predicted octanol–water partition coefficient (Wildman–Crippen LogP) is 2.14. The average Bonchev–Trinajstić information content (AvgIpc) is 2.41. The van der Waals surface area contributed by atoms with Crippen molar-refractivity contribution in [3.05, 3.63) is 40.3 Å². The van der Waals surface area contributed by atoms with Gasteiger partial charge in [-0.15, -0.1) is 0 Å². The standard InChI is InChI=1S/C14H16N2O3/c1-3-9(2)8-16-13(17)11-7-5-4-6-10(11)12(15-16)14(18)19/h4-7,9H,3,8H2,1-2H3,(H,18,19). The molecule has 1 atom stereocenters. The van der Waals surface area contributed by atoms with Crippen molar-refractivity contribution >= 4 is 16.7 Å². The third kappa shape index (κ3) is 2.50. The van der Waals surface area contributed by atoms with Crippen LogP contribution in [0.2, 0.25) is 0 Å². The number of carbonyl (C=O) groups is 1. The van der Waals surface area contributed by atoms with E-state index in [4.69, 9.17) is 0 Å². The number of nitrogens with zero attached hydrogens (tertiary/aromatic N) is 2. The van der Waals surface area contributed by atoms with Crippen molar-refractivity contribution in [2.24, 2.45) is 5.92 Å². The summed E-state index contributed by atoms with van der Waals surface area (Å²) in [6.07, 6.45) is 0.906. The monoisotopic (exact) mass is 260 g/mol. The summed E-state index contributed by atoms with van der Waals surface area (Å²) in [5, 5.41) is 14.0. The molecule has 5 nitrogen and oxygen atoms in total. The van der Waals surface area contributed by atoms with Gasteiger partial charge < -0.3 is 5.11 Å². The molecule has 0 saturated heterocycles.